The van der Waals surface area contributed by atoms with Crippen LogP contribution in [0.15, 0.2) is 48.5 Å². The average Bonchev–Trinajstić information content (AvgIpc) is 2.97. The number of hydrogen-bond acceptors (Lipinski definition) is 3. The van der Waals surface area contributed by atoms with Crippen LogP contribution in [0.3, 0.4) is 0 Å². The summed E-state index contributed by atoms with van der Waals surface area (Å²) in [4.78, 5) is 4.59. The van der Waals surface area contributed by atoms with E-state index in [4.69, 9.17) is 11.6 Å². The predicted octanol–water partition coefficient (Wildman–Crippen LogP) is 4.24. The van der Waals surface area contributed by atoms with Crippen molar-refractivity contribution < 1.29 is 0 Å². The Hall–Kier alpha value is -1.91. The van der Waals surface area contributed by atoms with Crippen molar-refractivity contribution in [3.05, 3.63) is 53.6 Å². The van der Waals surface area contributed by atoms with E-state index in [0.29, 0.717) is 0 Å². The zero-order valence-corrected chi connectivity index (χ0v) is 11.3. The van der Waals surface area contributed by atoms with E-state index in [1.807, 2.05) is 46.5 Å². The molecule has 0 aromatic heterocycles. The normalized spacial score (nSPS) is 11.4. The summed E-state index contributed by atoms with van der Waals surface area (Å²) in [6.45, 7) is 0. The van der Waals surface area contributed by atoms with E-state index in [-0.39, 0.29) is 0 Å². The molecule has 0 aliphatic carbocycles. The molecule has 2 aromatic rings. The zero-order chi connectivity index (χ0) is 12.8. The van der Waals surface area contributed by atoms with Gasteiger partial charge in [-0.3, -0.25) is 0 Å². The van der Waals surface area contributed by atoms with Crippen molar-refractivity contribution in [2.45, 2.75) is 0 Å². The van der Waals surface area contributed by atoms with Crippen LogP contribution in [0.2, 0.25) is 5.02 Å². The van der Waals surface area contributed by atoms with Gasteiger partial charge in [0, 0.05) is 10.4 Å². The van der Waals surface area contributed by atoms with Crippen LogP contribution in [0.25, 0.3) is 27.3 Å². The van der Waals surface area contributed by atoms with Gasteiger partial charge < -0.3 is 0 Å². The van der Waals surface area contributed by atoms with Crippen molar-refractivity contribution in [2.75, 3.05) is 0 Å². The molecule has 2 aliphatic heterocycles. The van der Waals surface area contributed by atoms with Crippen molar-refractivity contribution in [2.24, 2.45) is 0 Å². The lowest BCUT2D eigenvalue weighted by atomic mass is 10.2. The third-order valence-corrected chi connectivity index (χ3v) is 4.17. The predicted molar refractivity (Wildman–Crippen MR) is 78.4 cm³/mol. The van der Waals surface area contributed by atoms with Gasteiger partial charge in [-0.05, 0) is 41.9 Å². The third-order valence-electron chi connectivity index (χ3n) is 3.00. The molecule has 0 bridgehead atoms. The smallest absolute Gasteiger partial charge is 0.163 e. The molecule has 0 spiro atoms. The van der Waals surface area contributed by atoms with Crippen molar-refractivity contribution in [1.82, 2.24) is 14.2 Å². The summed E-state index contributed by atoms with van der Waals surface area (Å²) in [6.07, 6.45) is 0. The van der Waals surface area contributed by atoms with E-state index >= 15 is 0 Å². The maximum atomic E-state index is 5.90. The van der Waals surface area contributed by atoms with E-state index in [1.165, 1.54) is 11.5 Å². The number of fused-ring (bicyclic) bond motifs is 3. The first kappa shape index (κ1) is 11.0. The summed E-state index contributed by atoms with van der Waals surface area (Å²) < 4.78 is 1.88. The lowest BCUT2D eigenvalue weighted by Crippen LogP contribution is -1.91. The second kappa shape index (κ2) is 4.05. The topological polar surface area (TPSA) is 30.7 Å². The molecule has 19 heavy (non-hydrogen) atoms. The summed E-state index contributed by atoms with van der Waals surface area (Å²) in [5, 5.41) is 7.41. The Morgan fingerprint density at radius 3 is 2.63 bits per heavy atom. The molecule has 0 N–H and O–H groups in total. The third kappa shape index (κ3) is 1.72. The lowest BCUT2D eigenvalue weighted by Gasteiger charge is -1.98. The van der Waals surface area contributed by atoms with E-state index in [2.05, 4.69) is 16.1 Å². The van der Waals surface area contributed by atoms with E-state index in [0.717, 1.165) is 32.3 Å². The van der Waals surface area contributed by atoms with Crippen LogP contribution in [0, 0.1) is 0 Å². The van der Waals surface area contributed by atoms with Gasteiger partial charge in [0.15, 0.2) is 5.01 Å². The Kier molecular flexibility index (Phi) is 2.33. The van der Waals surface area contributed by atoms with E-state index < -0.39 is 0 Å². The fraction of sp³-hybridized carbons (Fsp3) is 0. The maximum Gasteiger partial charge on any atom is 0.163 e. The van der Waals surface area contributed by atoms with Crippen molar-refractivity contribution >= 4 is 34.0 Å². The molecular formula is C14H8ClN3S. The first-order chi connectivity index (χ1) is 9.31. The van der Waals surface area contributed by atoms with Crippen LogP contribution >= 0.6 is 23.1 Å². The van der Waals surface area contributed by atoms with E-state index in [1.54, 1.807) is 0 Å². The highest BCUT2D eigenvalue weighted by Crippen LogP contribution is 2.33. The van der Waals surface area contributed by atoms with Crippen LogP contribution in [-0.4, -0.2) is 14.2 Å². The van der Waals surface area contributed by atoms with Gasteiger partial charge in [0.1, 0.15) is 5.69 Å². The quantitative estimate of drug-likeness (QED) is 0.524. The molecule has 0 saturated carbocycles. The lowest BCUT2D eigenvalue weighted by molar-refractivity contribution is 0.966. The molecule has 0 amide bonds. The van der Waals surface area contributed by atoms with E-state index in [9.17, 15) is 0 Å². The van der Waals surface area contributed by atoms with Crippen molar-refractivity contribution in [1.29, 1.82) is 0 Å². The number of halogens is 1. The van der Waals surface area contributed by atoms with Gasteiger partial charge in [0.25, 0.3) is 0 Å². The zero-order valence-electron chi connectivity index (χ0n) is 9.75. The second-order valence-electron chi connectivity index (χ2n) is 4.22. The minimum absolute atomic E-state index is 0.725. The average molecular weight is 286 g/mol. The molecule has 2 aromatic carbocycles. The summed E-state index contributed by atoms with van der Waals surface area (Å²) in [5.41, 5.74) is 2.95. The molecule has 0 fully saturated rings. The minimum atomic E-state index is 0.725. The number of hydrogen-bond donors (Lipinski definition) is 0. The SMILES string of the molecule is Clc1ccc(-n2nc3c4ccccc4nc-3s2)cc1. The molecule has 92 valence electrons. The number of nitrogens with zero attached hydrogens (tertiary/aromatic N) is 3. The van der Waals surface area contributed by atoms with Crippen LogP contribution < -0.4 is 0 Å². The van der Waals surface area contributed by atoms with Gasteiger partial charge >= 0.3 is 0 Å². The van der Waals surface area contributed by atoms with Gasteiger partial charge in [-0.2, -0.15) is 9.17 Å². The van der Waals surface area contributed by atoms with Gasteiger partial charge in [-0.25, -0.2) is 4.98 Å². The van der Waals surface area contributed by atoms with Gasteiger partial charge in [0.2, 0.25) is 0 Å². The van der Waals surface area contributed by atoms with Gasteiger partial charge in [-0.15, -0.1) is 0 Å². The van der Waals surface area contributed by atoms with Gasteiger partial charge in [0.05, 0.1) is 11.2 Å². The Balaban J connectivity index is 1.92. The summed E-state index contributed by atoms with van der Waals surface area (Å²) >= 11 is 7.43. The standard InChI is InChI=1S/C14H8ClN3S/c15-9-5-7-10(8-6-9)18-17-13-11-3-1-2-4-12(11)16-14(13)19-18/h1-8H. The molecule has 2 aliphatic rings. The maximum absolute atomic E-state index is 5.90. The first-order valence-corrected chi connectivity index (χ1v) is 6.97. The summed E-state index contributed by atoms with van der Waals surface area (Å²) in [5.74, 6) is 0. The Bertz CT molecular complexity index is 832. The molecule has 4 rings (SSSR count). The van der Waals surface area contributed by atoms with Crippen molar-refractivity contribution in [3.8, 4) is 16.4 Å². The highest BCUT2D eigenvalue weighted by atomic mass is 35.5. The summed E-state index contributed by atoms with van der Waals surface area (Å²) in [7, 11) is 0. The highest BCUT2D eigenvalue weighted by molar-refractivity contribution is 7.10. The van der Waals surface area contributed by atoms with Gasteiger partial charge in [-0.1, -0.05) is 29.8 Å². The summed E-state index contributed by atoms with van der Waals surface area (Å²) in [6, 6.07) is 15.7. The molecule has 5 heteroatoms. The Morgan fingerprint density at radius 1 is 1.00 bits per heavy atom. The number of benzene rings is 2. The van der Waals surface area contributed by atoms with Crippen LogP contribution in [0.1, 0.15) is 0 Å². The molecule has 3 nitrogen and oxygen atoms in total. The first-order valence-electron chi connectivity index (χ1n) is 5.82. The number of rotatable bonds is 1. The number of aromatic nitrogens is 3. The van der Waals surface area contributed by atoms with Crippen LogP contribution in [0.4, 0.5) is 0 Å². The molecule has 0 unspecified atom stereocenters. The molecule has 0 atom stereocenters. The van der Waals surface area contributed by atoms with Crippen molar-refractivity contribution in [3.63, 3.8) is 0 Å². The molecular weight excluding hydrogens is 278 g/mol. The molecule has 0 saturated heterocycles. The fourth-order valence-electron chi connectivity index (χ4n) is 2.08. The Labute approximate surface area is 118 Å². The number of para-hydroxylation sites is 1. The Morgan fingerprint density at radius 2 is 1.79 bits per heavy atom. The fourth-order valence-corrected chi connectivity index (χ4v) is 3.10. The largest absolute Gasteiger partial charge is 0.233 e. The monoisotopic (exact) mass is 285 g/mol. The molecule has 2 heterocycles. The molecule has 0 radical (unpaired) electrons. The van der Waals surface area contributed by atoms with Crippen LogP contribution in [-0.2, 0) is 0 Å². The minimum Gasteiger partial charge on any atom is -0.233 e. The highest BCUT2D eigenvalue weighted by Gasteiger charge is 2.17. The van der Waals surface area contributed by atoms with Crippen LogP contribution in [0.5, 0.6) is 0 Å². The second-order valence-corrected chi connectivity index (χ2v) is 5.57.